The van der Waals surface area contributed by atoms with E-state index in [9.17, 15) is 18.3 Å². The average Bonchev–Trinajstić information content (AvgIpc) is 3.17. The molecule has 2 N–H and O–H groups in total. The third-order valence-corrected chi connectivity index (χ3v) is 7.26. The lowest BCUT2D eigenvalue weighted by Crippen LogP contribution is -2.09. The van der Waals surface area contributed by atoms with Crippen molar-refractivity contribution in [2.24, 2.45) is 0 Å². The lowest BCUT2D eigenvalue weighted by Gasteiger charge is -2.09. The summed E-state index contributed by atoms with van der Waals surface area (Å²) in [6.07, 6.45) is 1.08. The van der Waals surface area contributed by atoms with Crippen LogP contribution in [0, 0.1) is 0 Å². The number of hydrogen-bond donors (Lipinski definition) is 2. The number of nitrogens with one attached hydrogen (secondary N) is 1. The van der Waals surface area contributed by atoms with Crippen LogP contribution in [0.5, 0.6) is 23.1 Å². The van der Waals surface area contributed by atoms with Gasteiger partial charge in [0, 0.05) is 12.8 Å². The minimum Gasteiger partial charge on any atom is -0.497 e. The van der Waals surface area contributed by atoms with E-state index in [0.29, 0.717) is 35.8 Å². The van der Waals surface area contributed by atoms with Crippen molar-refractivity contribution >= 4 is 21.5 Å². The van der Waals surface area contributed by atoms with E-state index >= 15 is 0 Å². The second kappa shape index (κ2) is 10.7. The van der Waals surface area contributed by atoms with Gasteiger partial charge in [-0.15, -0.1) is 0 Å². The molecule has 35 heavy (non-hydrogen) atoms. The predicted octanol–water partition coefficient (Wildman–Crippen LogP) is 4.13. The Morgan fingerprint density at radius 1 is 0.857 bits per heavy atom. The van der Waals surface area contributed by atoms with Crippen LogP contribution in [0.3, 0.4) is 0 Å². The molecule has 4 aromatic rings. The highest BCUT2D eigenvalue weighted by molar-refractivity contribution is 7.87. The molecule has 0 unspecified atom stereocenters. The summed E-state index contributed by atoms with van der Waals surface area (Å²) in [5.41, 5.74) is 1.91. The molecule has 8 nitrogen and oxygen atoms in total. The molecule has 0 bridgehead atoms. The van der Waals surface area contributed by atoms with E-state index in [1.54, 1.807) is 36.4 Å². The topological polar surface area (TPSA) is 115 Å². The zero-order chi connectivity index (χ0) is 24.8. The molecular weight excluding hydrogens is 490 g/mol. The Bertz CT molecular complexity index is 1420. The first-order valence-corrected chi connectivity index (χ1v) is 12.8. The van der Waals surface area contributed by atoms with E-state index in [4.69, 9.17) is 13.7 Å². The fraction of sp³-hybridized carbons (Fsp3) is 0.160. The zero-order valence-corrected chi connectivity index (χ0v) is 20.4. The molecule has 0 radical (unpaired) electrons. The highest BCUT2D eigenvalue weighted by Crippen LogP contribution is 2.23. The van der Waals surface area contributed by atoms with Gasteiger partial charge in [-0.1, -0.05) is 35.6 Å². The Balaban J connectivity index is 1.27. The number of hydrogen-bond acceptors (Lipinski definition) is 8. The molecule has 0 spiro atoms. The Morgan fingerprint density at radius 2 is 1.46 bits per heavy atom. The highest BCUT2D eigenvalue weighted by Gasteiger charge is 2.16. The Hall–Kier alpha value is -3.76. The van der Waals surface area contributed by atoms with Crippen molar-refractivity contribution in [1.29, 1.82) is 0 Å². The molecule has 0 aliphatic rings. The molecule has 1 aromatic heterocycles. The molecule has 4 rings (SSSR count). The number of thiazole rings is 1. The van der Waals surface area contributed by atoms with E-state index in [2.05, 4.69) is 4.98 Å². The molecule has 0 aliphatic heterocycles. The summed E-state index contributed by atoms with van der Waals surface area (Å²) >= 11 is 0.990. The molecule has 1 heterocycles. The summed E-state index contributed by atoms with van der Waals surface area (Å²) in [5.74, 6) is 1.39. The van der Waals surface area contributed by atoms with Gasteiger partial charge in [-0.05, 0) is 59.7 Å². The van der Waals surface area contributed by atoms with Crippen molar-refractivity contribution in [3.05, 3.63) is 98.5 Å². The lowest BCUT2D eigenvalue weighted by molar-refractivity contribution is 0.322. The van der Waals surface area contributed by atoms with Crippen molar-refractivity contribution < 1.29 is 27.2 Å². The molecule has 3 aromatic carbocycles. The molecule has 0 atom stereocenters. The fourth-order valence-electron chi connectivity index (χ4n) is 3.28. The summed E-state index contributed by atoms with van der Waals surface area (Å²) in [4.78, 5) is 14.0. The molecular formula is C25H23NO7S2. The van der Waals surface area contributed by atoms with Gasteiger partial charge in [0.05, 0.1) is 18.6 Å². The van der Waals surface area contributed by atoms with E-state index in [1.807, 2.05) is 24.3 Å². The molecule has 0 fully saturated rings. The van der Waals surface area contributed by atoms with Crippen LogP contribution in [0.4, 0.5) is 0 Å². The maximum Gasteiger partial charge on any atom is 0.339 e. The number of methoxy groups -OCH3 is 1. The van der Waals surface area contributed by atoms with Gasteiger partial charge in [0.25, 0.3) is 0 Å². The number of aromatic hydroxyl groups is 1. The van der Waals surface area contributed by atoms with Gasteiger partial charge < -0.3 is 18.8 Å². The normalized spacial score (nSPS) is 11.2. The maximum atomic E-state index is 12.4. The summed E-state index contributed by atoms with van der Waals surface area (Å²) in [5, 5.41) is 9.70. The van der Waals surface area contributed by atoms with E-state index in [0.717, 1.165) is 22.5 Å². The van der Waals surface area contributed by atoms with Gasteiger partial charge in [0.2, 0.25) is 5.88 Å². The molecule has 0 amide bonds. The second-order valence-corrected chi connectivity index (χ2v) is 10.2. The number of rotatable bonds is 10. The van der Waals surface area contributed by atoms with Gasteiger partial charge in [-0.25, -0.2) is 0 Å². The van der Waals surface area contributed by atoms with Gasteiger partial charge in [0.1, 0.15) is 22.1 Å². The van der Waals surface area contributed by atoms with Crippen LogP contribution in [0.25, 0.3) is 0 Å². The van der Waals surface area contributed by atoms with Gasteiger partial charge in [0.15, 0.2) is 0 Å². The van der Waals surface area contributed by atoms with Crippen molar-refractivity contribution in [1.82, 2.24) is 4.98 Å². The van der Waals surface area contributed by atoms with Crippen LogP contribution in [0.1, 0.15) is 16.0 Å². The first-order chi connectivity index (χ1) is 16.8. The second-order valence-electron chi connectivity index (χ2n) is 7.56. The summed E-state index contributed by atoms with van der Waals surface area (Å²) in [6.45, 7) is 0.434. The summed E-state index contributed by atoms with van der Waals surface area (Å²) < 4.78 is 40.9. The molecule has 0 saturated carbocycles. The highest BCUT2D eigenvalue weighted by atomic mass is 32.2. The van der Waals surface area contributed by atoms with Crippen LogP contribution < -0.4 is 18.5 Å². The third-order valence-electron chi connectivity index (χ3n) is 5.13. The van der Waals surface area contributed by atoms with Crippen LogP contribution in [-0.4, -0.2) is 32.2 Å². The number of aromatic amines is 1. The van der Waals surface area contributed by atoms with Crippen molar-refractivity contribution in [3.8, 4) is 23.1 Å². The van der Waals surface area contributed by atoms with E-state index in [-0.39, 0.29) is 21.4 Å². The minimum atomic E-state index is -3.94. The smallest absolute Gasteiger partial charge is 0.339 e. The maximum absolute atomic E-state index is 12.4. The standard InChI is InChI=1S/C25H23NO7S2/c1-31-19-10-12-22(13-11-19)35(29,30)33-21-8-2-17(3-9-21)14-15-32-20-6-4-18(5-7-20)16-23-24(27)26-25(28)34-23/h2-13,27H,14-16H2,1H3,(H,26,28). The minimum absolute atomic E-state index is 0.0440. The van der Waals surface area contributed by atoms with Gasteiger partial charge >= 0.3 is 15.0 Å². The number of benzene rings is 3. The first kappa shape index (κ1) is 24.4. The van der Waals surface area contributed by atoms with E-state index < -0.39 is 10.1 Å². The van der Waals surface area contributed by atoms with Crippen LogP contribution >= 0.6 is 11.3 Å². The summed E-state index contributed by atoms with van der Waals surface area (Å²) in [7, 11) is -2.43. The molecule has 182 valence electrons. The number of H-pyrrole nitrogens is 1. The third kappa shape index (κ3) is 6.43. The quantitative estimate of drug-likeness (QED) is 0.306. The largest absolute Gasteiger partial charge is 0.497 e. The summed E-state index contributed by atoms with van der Waals surface area (Å²) in [6, 6.07) is 20.2. The zero-order valence-electron chi connectivity index (χ0n) is 18.8. The SMILES string of the molecule is COc1ccc(S(=O)(=O)Oc2ccc(CCOc3ccc(Cc4sc(=O)[nH]c4O)cc3)cc2)cc1. The van der Waals surface area contributed by atoms with Gasteiger partial charge in [-0.3, -0.25) is 9.78 Å². The van der Waals surface area contributed by atoms with Crippen LogP contribution in [0.15, 0.2) is 82.5 Å². The van der Waals surface area contributed by atoms with E-state index in [1.165, 1.54) is 19.2 Å². The number of ether oxygens (including phenoxy) is 2. The van der Waals surface area contributed by atoms with Gasteiger partial charge in [-0.2, -0.15) is 8.42 Å². The van der Waals surface area contributed by atoms with Crippen LogP contribution in [-0.2, 0) is 23.0 Å². The molecule has 10 heteroatoms. The Morgan fingerprint density at radius 3 is 2.06 bits per heavy atom. The molecule has 0 aliphatic carbocycles. The Kier molecular flexibility index (Phi) is 7.42. The monoisotopic (exact) mass is 513 g/mol. The predicted molar refractivity (Wildman–Crippen MR) is 132 cm³/mol. The van der Waals surface area contributed by atoms with Crippen molar-refractivity contribution in [2.45, 2.75) is 17.7 Å². The average molecular weight is 514 g/mol. The first-order valence-electron chi connectivity index (χ1n) is 10.6. The Labute approximate surface area is 206 Å². The van der Waals surface area contributed by atoms with Crippen molar-refractivity contribution in [2.75, 3.05) is 13.7 Å². The number of aromatic nitrogens is 1. The fourth-order valence-corrected chi connectivity index (χ4v) is 4.96. The lowest BCUT2D eigenvalue weighted by atomic mass is 10.1. The van der Waals surface area contributed by atoms with Crippen LogP contribution in [0.2, 0.25) is 0 Å². The van der Waals surface area contributed by atoms with Crippen molar-refractivity contribution in [3.63, 3.8) is 0 Å². The molecule has 0 saturated heterocycles.